The molecule has 0 atom stereocenters. The maximum absolute atomic E-state index is 11.5. The highest BCUT2D eigenvalue weighted by Crippen LogP contribution is 2.15. The second kappa shape index (κ2) is 7.45. The van der Waals surface area contributed by atoms with Crippen molar-refractivity contribution in [3.8, 4) is 0 Å². The zero-order chi connectivity index (χ0) is 15.1. The van der Waals surface area contributed by atoms with Crippen LogP contribution in [-0.2, 0) is 17.9 Å². The number of carbonyl (C=O) groups excluding carboxylic acids is 2. The van der Waals surface area contributed by atoms with Gasteiger partial charge in [-0.3, -0.25) is 10.1 Å². The van der Waals surface area contributed by atoms with Gasteiger partial charge in [0.05, 0.1) is 25.1 Å². The van der Waals surface area contributed by atoms with Crippen molar-refractivity contribution in [1.82, 2.24) is 20.8 Å². The molecule has 0 aliphatic carbocycles. The molecule has 0 saturated carbocycles. The van der Waals surface area contributed by atoms with Crippen molar-refractivity contribution in [3.05, 3.63) is 30.0 Å². The first-order chi connectivity index (χ1) is 10.2. The average molecular weight is 311 g/mol. The van der Waals surface area contributed by atoms with Crippen LogP contribution in [0.3, 0.4) is 0 Å². The molecular weight excluding hydrogens is 298 g/mol. The van der Waals surface area contributed by atoms with Gasteiger partial charge in [-0.2, -0.15) is 0 Å². The monoisotopic (exact) mass is 311 g/mol. The molecule has 0 unspecified atom stereocenters. The van der Waals surface area contributed by atoms with Gasteiger partial charge in [0.15, 0.2) is 0 Å². The molecular formula is C11H13N5O4S. The number of urea groups is 1. The topological polar surface area (TPSA) is 136 Å². The fourth-order valence-electron chi connectivity index (χ4n) is 1.29. The second-order valence-corrected chi connectivity index (χ2v) is 4.69. The fraction of sp³-hybridized carbons (Fsp3) is 0.273. The van der Waals surface area contributed by atoms with Crippen LogP contribution in [0, 0.1) is 0 Å². The van der Waals surface area contributed by atoms with Crippen molar-refractivity contribution >= 4 is 23.7 Å². The summed E-state index contributed by atoms with van der Waals surface area (Å²) in [6, 6.07) is 2.81. The van der Waals surface area contributed by atoms with Gasteiger partial charge in [0.25, 0.3) is 5.22 Å². The van der Waals surface area contributed by atoms with Crippen molar-refractivity contribution < 1.29 is 18.4 Å². The molecule has 0 radical (unpaired) electrons. The van der Waals surface area contributed by atoms with E-state index in [2.05, 4.69) is 20.8 Å². The third-order valence-corrected chi connectivity index (χ3v) is 3.02. The molecule has 0 aliphatic rings. The number of thioether (sulfide) groups is 1. The van der Waals surface area contributed by atoms with E-state index >= 15 is 0 Å². The number of aromatic nitrogens is 2. The van der Waals surface area contributed by atoms with Crippen molar-refractivity contribution in [1.29, 1.82) is 0 Å². The van der Waals surface area contributed by atoms with Crippen molar-refractivity contribution in [2.75, 3.05) is 5.75 Å². The van der Waals surface area contributed by atoms with Crippen LogP contribution < -0.4 is 16.4 Å². The standard InChI is InChI=1S/C11H13N5O4S/c12-4-9-15-16-11(20-9)21-6-8(17)14-10(18)13-5-7-2-1-3-19-7/h1-3H,4-6,12H2,(H2,13,14,17,18). The first-order valence-corrected chi connectivity index (χ1v) is 6.91. The van der Waals surface area contributed by atoms with Crippen LogP contribution in [0.1, 0.15) is 11.7 Å². The van der Waals surface area contributed by atoms with Crippen LogP contribution in [0.25, 0.3) is 0 Å². The third kappa shape index (κ3) is 4.93. The lowest BCUT2D eigenvalue weighted by molar-refractivity contribution is -0.117. The van der Waals surface area contributed by atoms with Crippen LogP contribution in [0.4, 0.5) is 4.79 Å². The lowest BCUT2D eigenvalue weighted by Gasteiger charge is -2.04. The lowest BCUT2D eigenvalue weighted by Crippen LogP contribution is -2.39. The Balaban J connectivity index is 1.67. The molecule has 112 valence electrons. The Morgan fingerprint density at radius 3 is 2.90 bits per heavy atom. The summed E-state index contributed by atoms with van der Waals surface area (Å²) in [6.45, 7) is 0.331. The highest BCUT2D eigenvalue weighted by atomic mass is 32.2. The smallest absolute Gasteiger partial charge is 0.321 e. The van der Waals surface area contributed by atoms with Crippen LogP contribution in [0.2, 0.25) is 0 Å². The molecule has 9 nitrogen and oxygen atoms in total. The lowest BCUT2D eigenvalue weighted by atomic mass is 10.4. The van der Waals surface area contributed by atoms with Crippen LogP contribution >= 0.6 is 11.8 Å². The second-order valence-electron chi connectivity index (χ2n) is 3.76. The fourth-order valence-corrected chi connectivity index (χ4v) is 1.87. The van der Waals surface area contributed by atoms with Gasteiger partial charge in [-0.05, 0) is 12.1 Å². The Kier molecular flexibility index (Phi) is 5.35. The molecule has 2 rings (SSSR count). The molecule has 2 heterocycles. The number of carbonyl (C=O) groups is 2. The van der Waals surface area contributed by atoms with Crippen molar-refractivity contribution in [3.63, 3.8) is 0 Å². The number of nitrogens with zero attached hydrogens (tertiary/aromatic N) is 2. The molecule has 3 amide bonds. The van der Waals surface area contributed by atoms with E-state index in [9.17, 15) is 9.59 Å². The quantitative estimate of drug-likeness (QED) is 0.645. The highest BCUT2D eigenvalue weighted by Gasteiger charge is 2.11. The van der Waals surface area contributed by atoms with Crippen molar-refractivity contribution in [2.24, 2.45) is 5.73 Å². The van der Waals surface area contributed by atoms with Gasteiger partial charge in [-0.15, -0.1) is 10.2 Å². The van der Waals surface area contributed by atoms with E-state index in [1.807, 2.05) is 0 Å². The summed E-state index contributed by atoms with van der Waals surface area (Å²) < 4.78 is 10.1. The van der Waals surface area contributed by atoms with Gasteiger partial charge in [-0.1, -0.05) is 11.8 Å². The minimum atomic E-state index is -0.606. The van der Waals surface area contributed by atoms with Gasteiger partial charge >= 0.3 is 6.03 Å². The summed E-state index contributed by atoms with van der Waals surface area (Å²) >= 11 is 1.02. The Labute approximate surface area is 123 Å². The predicted octanol–water partition coefficient (Wildman–Crippen LogP) is 0.239. The van der Waals surface area contributed by atoms with E-state index in [4.69, 9.17) is 14.6 Å². The summed E-state index contributed by atoms with van der Waals surface area (Å²) in [7, 11) is 0. The zero-order valence-electron chi connectivity index (χ0n) is 10.9. The summed E-state index contributed by atoms with van der Waals surface area (Å²) in [5, 5.41) is 12.2. The number of imide groups is 1. The Morgan fingerprint density at radius 2 is 2.24 bits per heavy atom. The van der Waals surface area contributed by atoms with Crippen LogP contribution in [-0.4, -0.2) is 27.9 Å². The van der Waals surface area contributed by atoms with E-state index in [0.29, 0.717) is 5.76 Å². The largest absolute Gasteiger partial charge is 0.467 e. The van der Waals surface area contributed by atoms with Gasteiger partial charge in [0, 0.05) is 0 Å². The molecule has 2 aromatic heterocycles. The average Bonchev–Trinajstić information content (AvgIpc) is 3.14. The Bertz CT molecular complexity index is 598. The number of nitrogens with two attached hydrogens (primary N) is 1. The van der Waals surface area contributed by atoms with Gasteiger partial charge < -0.3 is 19.9 Å². The molecule has 4 N–H and O–H groups in total. The number of furan rings is 1. The van der Waals surface area contributed by atoms with E-state index in [-0.39, 0.29) is 30.0 Å². The first-order valence-electron chi connectivity index (χ1n) is 5.92. The number of rotatable bonds is 6. The maximum Gasteiger partial charge on any atom is 0.321 e. The minimum Gasteiger partial charge on any atom is -0.467 e. The minimum absolute atomic E-state index is 0.0274. The van der Waals surface area contributed by atoms with Gasteiger partial charge in [-0.25, -0.2) is 4.79 Å². The molecule has 2 aromatic rings. The number of amides is 3. The summed E-state index contributed by atoms with van der Waals surface area (Å²) in [6.07, 6.45) is 1.50. The summed E-state index contributed by atoms with van der Waals surface area (Å²) in [4.78, 5) is 23.0. The maximum atomic E-state index is 11.5. The third-order valence-electron chi connectivity index (χ3n) is 2.21. The summed E-state index contributed by atoms with van der Waals surface area (Å²) in [5.41, 5.74) is 5.31. The van der Waals surface area contributed by atoms with Gasteiger partial charge in [0.1, 0.15) is 5.76 Å². The zero-order valence-corrected chi connectivity index (χ0v) is 11.7. The van der Waals surface area contributed by atoms with Crippen molar-refractivity contribution in [2.45, 2.75) is 18.3 Å². The number of nitrogens with one attached hydrogen (secondary N) is 2. The molecule has 0 saturated heterocycles. The SMILES string of the molecule is NCc1nnc(SCC(=O)NC(=O)NCc2ccco2)o1. The van der Waals surface area contributed by atoms with Gasteiger partial charge in [0.2, 0.25) is 11.8 Å². The molecule has 0 spiro atoms. The van der Waals surface area contributed by atoms with E-state index in [0.717, 1.165) is 11.8 Å². The van der Waals surface area contributed by atoms with E-state index in [1.54, 1.807) is 12.1 Å². The molecule has 0 aliphatic heterocycles. The summed E-state index contributed by atoms with van der Waals surface area (Å²) in [5.74, 6) is 0.367. The highest BCUT2D eigenvalue weighted by molar-refractivity contribution is 7.99. The van der Waals surface area contributed by atoms with Crippen LogP contribution in [0.15, 0.2) is 32.5 Å². The van der Waals surface area contributed by atoms with E-state index < -0.39 is 11.9 Å². The normalized spacial score (nSPS) is 10.3. The van der Waals surface area contributed by atoms with Crippen LogP contribution in [0.5, 0.6) is 0 Å². The number of hydrogen-bond acceptors (Lipinski definition) is 8. The number of hydrogen-bond donors (Lipinski definition) is 3. The van der Waals surface area contributed by atoms with E-state index in [1.165, 1.54) is 6.26 Å². The molecule has 0 bridgehead atoms. The molecule has 21 heavy (non-hydrogen) atoms. The first kappa shape index (κ1) is 15.1. The molecule has 0 fully saturated rings. The Morgan fingerprint density at radius 1 is 1.38 bits per heavy atom. The molecule has 10 heteroatoms. The molecule has 0 aromatic carbocycles. The predicted molar refractivity (Wildman–Crippen MR) is 72.0 cm³/mol. The Hall–Kier alpha value is -2.33.